The van der Waals surface area contributed by atoms with Crippen LogP contribution in [0.2, 0.25) is 0 Å². The molecule has 9 heavy (non-hydrogen) atoms. The number of hydrogen-bond donors (Lipinski definition) is 1. The molecule has 0 bridgehead atoms. The van der Waals surface area contributed by atoms with Crippen molar-refractivity contribution in [1.29, 1.82) is 0 Å². The van der Waals surface area contributed by atoms with E-state index in [1.807, 2.05) is 16.8 Å². The van der Waals surface area contributed by atoms with Gasteiger partial charge in [0.25, 0.3) is 0 Å². The molecule has 0 aromatic carbocycles. The van der Waals surface area contributed by atoms with E-state index < -0.39 is 6.04 Å². The van der Waals surface area contributed by atoms with Gasteiger partial charge in [0, 0.05) is 0 Å². The van der Waals surface area contributed by atoms with Gasteiger partial charge in [0.05, 0.1) is 6.04 Å². The molecule has 0 fully saturated rings. The standard InChI is InChI=1S/C6H6NOS/c7-6(3-8)5-1-2-9-4-5/h1-2,4,6H,7H2/t6-/m1/s1. The number of nitrogens with two attached hydrogens (primary N) is 1. The molecule has 2 nitrogen and oxygen atoms in total. The number of carbonyl (C=O) groups excluding carboxylic acids is 1. The van der Waals surface area contributed by atoms with Gasteiger partial charge in [-0.2, -0.15) is 11.3 Å². The molecule has 0 aliphatic heterocycles. The van der Waals surface area contributed by atoms with Gasteiger partial charge in [-0.25, -0.2) is 0 Å². The fraction of sp³-hybridized carbons (Fsp3) is 0.167. The van der Waals surface area contributed by atoms with Crippen molar-refractivity contribution in [2.45, 2.75) is 6.04 Å². The van der Waals surface area contributed by atoms with E-state index >= 15 is 0 Å². The fourth-order valence-corrected chi connectivity index (χ4v) is 1.22. The highest BCUT2D eigenvalue weighted by Crippen LogP contribution is 2.11. The number of hydrogen-bond acceptors (Lipinski definition) is 3. The maximum absolute atomic E-state index is 9.96. The summed E-state index contributed by atoms with van der Waals surface area (Å²) >= 11 is 1.52. The normalized spacial score (nSPS) is 13.0. The average Bonchev–Trinajstić information content (AvgIpc) is 2.37. The molecule has 1 atom stereocenters. The molecule has 1 aromatic heterocycles. The Balaban J connectivity index is 2.76. The smallest absolute Gasteiger partial charge is 0.221 e. The van der Waals surface area contributed by atoms with E-state index in [2.05, 4.69) is 0 Å². The van der Waals surface area contributed by atoms with Gasteiger partial charge < -0.3 is 5.73 Å². The molecule has 0 unspecified atom stereocenters. The van der Waals surface area contributed by atoms with Crippen molar-refractivity contribution in [2.75, 3.05) is 0 Å². The molecular weight excluding hydrogens is 134 g/mol. The molecule has 0 saturated carbocycles. The SMILES string of the molecule is N[C@H]([C]=O)c1ccsc1. The summed E-state index contributed by atoms with van der Waals surface area (Å²) in [6.45, 7) is 0. The van der Waals surface area contributed by atoms with Crippen LogP contribution in [-0.4, -0.2) is 6.29 Å². The van der Waals surface area contributed by atoms with E-state index in [1.165, 1.54) is 11.3 Å². The van der Waals surface area contributed by atoms with Gasteiger partial charge in [-0.3, -0.25) is 4.79 Å². The minimum atomic E-state index is -0.559. The van der Waals surface area contributed by atoms with Gasteiger partial charge in [0.15, 0.2) is 0 Å². The van der Waals surface area contributed by atoms with Gasteiger partial charge in [-0.1, -0.05) is 0 Å². The summed E-state index contributed by atoms with van der Waals surface area (Å²) < 4.78 is 0. The first-order chi connectivity index (χ1) is 4.34. The maximum Gasteiger partial charge on any atom is 0.221 e. The van der Waals surface area contributed by atoms with E-state index in [0.29, 0.717) is 0 Å². The van der Waals surface area contributed by atoms with Crippen molar-refractivity contribution < 1.29 is 4.79 Å². The summed E-state index contributed by atoms with van der Waals surface area (Å²) in [6.07, 6.45) is 1.70. The van der Waals surface area contributed by atoms with Crippen molar-refractivity contribution in [3.8, 4) is 0 Å². The second kappa shape index (κ2) is 2.75. The quantitative estimate of drug-likeness (QED) is 0.662. The van der Waals surface area contributed by atoms with Crippen LogP contribution in [-0.2, 0) is 4.79 Å². The molecular formula is C6H6NOS. The zero-order valence-corrected chi connectivity index (χ0v) is 5.52. The third-order valence-electron chi connectivity index (χ3n) is 1.03. The van der Waals surface area contributed by atoms with Crippen LogP contribution in [0.3, 0.4) is 0 Å². The second-order valence-corrected chi connectivity index (χ2v) is 2.43. The maximum atomic E-state index is 9.96. The van der Waals surface area contributed by atoms with Crippen molar-refractivity contribution in [2.24, 2.45) is 5.73 Å². The summed E-state index contributed by atoms with van der Waals surface area (Å²) in [5.74, 6) is 0. The van der Waals surface area contributed by atoms with Crippen molar-refractivity contribution >= 4 is 17.6 Å². The molecule has 0 saturated heterocycles. The van der Waals surface area contributed by atoms with Crippen LogP contribution in [0.25, 0.3) is 0 Å². The van der Waals surface area contributed by atoms with Crippen LogP contribution in [0.15, 0.2) is 16.8 Å². The Morgan fingerprint density at radius 3 is 3.00 bits per heavy atom. The first-order valence-electron chi connectivity index (χ1n) is 2.50. The van der Waals surface area contributed by atoms with Gasteiger partial charge >= 0.3 is 0 Å². The Labute approximate surface area is 57.3 Å². The average molecular weight is 140 g/mol. The number of thiophene rings is 1. The minimum Gasteiger partial charge on any atom is -0.317 e. The highest BCUT2D eigenvalue weighted by molar-refractivity contribution is 7.08. The number of rotatable bonds is 2. The molecule has 0 amide bonds. The van der Waals surface area contributed by atoms with Crippen molar-refractivity contribution in [3.05, 3.63) is 22.4 Å². The largest absolute Gasteiger partial charge is 0.317 e. The zero-order chi connectivity index (χ0) is 6.69. The highest BCUT2D eigenvalue weighted by atomic mass is 32.1. The summed E-state index contributed by atoms with van der Waals surface area (Å²) in [4.78, 5) is 9.96. The minimum absolute atomic E-state index is 0.559. The van der Waals surface area contributed by atoms with Crippen LogP contribution < -0.4 is 5.73 Å². The Morgan fingerprint density at radius 2 is 2.56 bits per heavy atom. The lowest BCUT2D eigenvalue weighted by Crippen LogP contribution is -2.09. The summed E-state index contributed by atoms with van der Waals surface area (Å²) in [5.41, 5.74) is 6.16. The Bertz CT molecular complexity index is 183. The molecule has 0 spiro atoms. The molecule has 47 valence electrons. The summed E-state index contributed by atoms with van der Waals surface area (Å²) in [7, 11) is 0. The van der Waals surface area contributed by atoms with Crippen LogP contribution >= 0.6 is 11.3 Å². The first-order valence-corrected chi connectivity index (χ1v) is 3.44. The molecule has 3 heteroatoms. The third kappa shape index (κ3) is 1.37. The predicted molar refractivity (Wildman–Crippen MR) is 36.9 cm³/mol. The summed E-state index contributed by atoms with van der Waals surface area (Å²) in [5, 5.41) is 3.72. The van der Waals surface area contributed by atoms with Crippen molar-refractivity contribution in [1.82, 2.24) is 0 Å². The van der Waals surface area contributed by atoms with Crippen LogP contribution in [0.1, 0.15) is 11.6 Å². The lowest BCUT2D eigenvalue weighted by atomic mass is 10.2. The van der Waals surface area contributed by atoms with E-state index in [1.54, 1.807) is 6.29 Å². The van der Waals surface area contributed by atoms with Gasteiger partial charge in [-0.15, -0.1) is 0 Å². The molecule has 1 heterocycles. The second-order valence-electron chi connectivity index (χ2n) is 1.65. The fourth-order valence-electron chi connectivity index (χ4n) is 0.520. The topological polar surface area (TPSA) is 43.1 Å². The predicted octanol–water partition coefficient (Wildman–Crippen LogP) is 0.858. The Morgan fingerprint density at radius 1 is 1.78 bits per heavy atom. The van der Waals surface area contributed by atoms with Crippen LogP contribution in [0.4, 0.5) is 0 Å². The van der Waals surface area contributed by atoms with Crippen LogP contribution in [0, 0.1) is 0 Å². The molecule has 0 aliphatic carbocycles. The van der Waals surface area contributed by atoms with Crippen LogP contribution in [0.5, 0.6) is 0 Å². The van der Waals surface area contributed by atoms with E-state index in [9.17, 15) is 4.79 Å². The van der Waals surface area contributed by atoms with Gasteiger partial charge in [-0.05, 0) is 22.4 Å². The molecule has 2 N–H and O–H groups in total. The Hall–Kier alpha value is -0.670. The third-order valence-corrected chi connectivity index (χ3v) is 1.73. The lowest BCUT2D eigenvalue weighted by molar-refractivity contribution is 0.544. The van der Waals surface area contributed by atoms with Crippen molar-refractivity contribution in [3.63, 3.8) is 0 Å². The van der Waals surface area contributed by atoms with E-state index in [0.717, 1.165) is 5.56 Å². The lowest BCUT2D eigenvalue weighted by Gasteiger charge is -1.94. The highest BCUT2D eigenvalue weighted by Gasteiger charge is 2.02. The zero-order valence-electron chi connectivity index (χ0n) is 4.70. The monoisotopic (exact) mass is 140 g/mol. The summed E-state index contributed by atoms with van der Waals surface area (Å²) in [6, 6.07) is 1.26. The van der Waals surface area contributed by atoms with E-state index in [4.69, 9.17) is 5.73 Å². The molecule has 1 aromatic rings. The first kappa shape index (κ1) is 6.45. The van der Waals surface area contributed by atoms with Gasteiger partial charge in [0.2, 0.25) is 6.29 Å². The molecule has 1 rings (SSSR count). The molecule has 0 aliphatic rings. The van der Waals surface area contributed by atoms with E-state index in [-0.39, 0.29) is 0 Å². The Kier molecular flexibility index (Phi) is 1.97. The van der Waals surface area contributed by atoms with Gasteiger partial charge in [0.1, 0.15) is 0 Å². The molecule has 1 radical (unpaired) electrons.